The molecule has 3 aliphatic rings. The zero-order chi connectivity index (χ0) is 61.2. The molecule has 1 amide bonds. The van der Waals surface area contributed by atoms with Crippen LogP contribution in [0.3, 0.4) is 0 Å². The maximum absolute atomic E-state index is 13.3. The van der Waals surface area contributed by atoms with Crippen LogP contribution in [0.2, 0.25) is 0 Å². The lowest BCUT2D eigenvalue weighted by molar-refractivity contribution is -0.379. The molecule has 0 bridgehead atoms. The molecule has 3 saturated heterocycles. The van der Waals surface area contributed by atoms with Crippen LogP contribution in [0.1, 0.15) is 251 Å². The van der Waals surface area contributed by atoms with Crippen LogP contribution in [0.15, 0.2) is 24.3 Å². The number of carbonyl (C=O) groups excluding carboxylic acids is 1. The normalized spacial score (nSPS) is 29.3. The van der Waals surface area contributed by atoms with E-state index < -0.39 is 124 Å². The minimum Gasteiger partial charge on any atom is -0.394 e. The number of ether oxygens (including phenoxy) is 6. The van der Waals surface area contributed by atoms with Gasteiger partial charge in [0.2, 0.25) is 5.91 Å². The van der Waals surface area contributed by atoms with Crippen molar-refractivity contribution in [2.45, 2.75) is 356 Å². The third-order valence-corrected chi connectivity index (χ3v) is 17.0. The smallest absolute Gasteiger partial charge is 0.220 e. The number of unbranched alkanes of at least 4 members (excludes halogenated alkanes) is 33. The Hall–Kier alpha value is -1.73. The number of aliphatic hydroxyl groups excluding tert-OH is 11. The molecular formula is C65H121NO18. The SMILES string of the molecule is CCCC/C=C/CC/C=C/C(O)C(COC1OC(CO)C(OC2OC(CO)C(OC3OC(CO)C(O)C(O)C3O)C(O)C2O)C(O)C1O)NC(=O)CCCCCCCCCCCCCCCCCCCCCCCCCCCCCCCCC. The van der Waals surface area contributed by atoms with Crippen molar-refractivity contribution in [1.29, 1.82) is 0 Å². The minimum absolute atomic E-state index is 0.240. The third kappa shape index (κ3) is 30.7. The summed E-state index contributed by atoms with van der Waals surface area (Å²) in [6.07, 6.45) is 26.6. The van der Waals surface area contributed by atoms with Crippen molar-refractivity contribution in [3.63, 3.8) is 0 Å². The Morgan fingerprint density at radius 3 is 1.18 bits per heavy atom. The molecule has 12 N–H and O–H groups in total. The molecule has 84 heavy (non-hydrogen) atoms. The predicted molar refractivity (Wildman–Crippen MR) is 323 cm³/mol. The second-order valence-corrected chi connectivity index (χ2v) is 24.3. The van der Waals surface area contributed by atoms with Crippen LogP contribution in [0, 0.1) is 0 Å². The second kappa shape index (κ2) is 48.2. The number of aliphatic hydroxyl groups is 11. The molecule has 0 aromatic carbocycles. The number of allylic oxidation sites excluding steroid dienone is 3. The van der Waals surface area contributed by atoms with Gasteiger partial charge in [0.15, 0.2) is 18.9 Å². The van der Waals surface area contributed by atoms with Gasteiger partial charge in [-0.3, -0.25) is 4.79 Å². The van der Waals surface area contributed by atoms with Crippen molar-refractivity contribution in [3.8, 4) is 0 Å². The van der Waals surface area contributed by atoms with Crippen molar-refractivity contribution in [2.75, 3.05) is 26.4 Å². The number of rotatable bonds is 51. The fourth-order valence-electron chi connectivity index (χ4n) is 11.5. The van der Waals surface area contributed by atoms with Crippen molar-refractivity contribution in [3.05, 3.63) is 24.3 Å². The van der Waals surface area contributed by atoms with Gasteiger partial charge in [0.25, 0.3) is 0 Å². The Morgan fingerprint density at radius 2 is 0.762 bits per heavy atom. The van der Waals surface area contributed by atoms with Gasteiger partial charge < -0.3 is 89.9 Å². The molecule has 0 spiro atoms. The van der Waals surface area contributed by atoms with Crippen LogP contribution in [-0.4, -0.2) is 193 Å². The highest BCUT2D eigenvalue weighted by Crippen LogP contribution is 2.33. The van der Waals surface area contributed by atoms with E-state index in [0.29, 0.717) is 12.8 Å². The predicted octanol–water partition coefficient (Wildman–Crippen LogP) is 7.88. The summed E-state index contributed by atoms with van der Waals surface area (Å²) in [4.78, 5) is 13.3. The molecule has 0 aliphatic carbocycles. The zero-order valence-electron chi connectivity index (χ0n) is 51.9. The molecule has 0 radical (unpaired) electrons. The Labute approximate surface area is 505 Å². The number of hydrogen-bond acceptors (Lipinski definition) is 18. The first-order chi connectivity index (χ1) is 40.8. The minimum atomic E-state index is -1.98. The molecule has 17 unspecified atom stereocenters. The van der Waals surface area contributed by atoms with Gasteiger partial charge in [-0.25, -0.2) is 0 Å². The summed E-state index contributed by atoms with van der Waals surface area (Å²) in [6, 6.07) is -0.984. The Kier molecular flexibility index (Phi) is 43.9. The molecule has 3 heterocycles. The van der Waals surface area contributed by atoms with E-state index in [2.05, 4.69) is 31.3 Å². The van der Waals surface area contributed by atoms with E-state index in [-0.39, 0.29) is 18.9 Å². The molecule has 0 saturated carbocycles. The van der Waals surface area contributed by atoms with E-state index in [1.54, 1.807) is 6.08 Å². The van der Waals surface area contributed by atoms with E-state index in [9.17, 15) is 61.0 Å². The van der Waals surface area contributed by atoms with Crippen molar-refractivity contribution >= 4 is 5.91 Å². The summed E-state index contributed by atoms with van der Waals surface area (Å²) in [6.45, 7) is 1.64. The molecule has 17 atom stereocenters. The van der Waals surface area contributed by atoms with Gasteiger partial charge in [-0.1, -0.05) is 244 Å². The van der Waals surface area contributed by atoms with Gasteiger partial charge >= 0.3 is 0 Å². The maximum atomic E-state index is 13.3. The Morgan fingerprint density at radius 1 is 0.417 bits per heavy atom. The van der Waals surface area contributed by atoms with Gasteiger partial charge in [0, 0.05) is 6.42 Å². The highest BCUT2D eigenvalue weighted by molar-refractivity contribution is 5.76. The average Bonchev–Trinajstić information content (AvgIpc) is 2.99. The second-order valence-electron chi connectivity index (χ2n) is 24.3. The Bertz CT molecular complexity index is 1630. The monoisotopic (exact) mass is 1200 g/mol. The van der Waals surface area contributed by atoms with Crippen LogP contribution in [-0.2, 0) is 33.2 Å². The lowest BCUT2D eigenvalue weighted by Crippen LogP contribution is -2.66. The number of carbonyl (C=O) groups is 1. The highest BCUT2D eigenvalue weighted by atomic mass is 16.8. The lowest BCUT2D eigenvalue weighted by atomic mass is 9.96. The van der Waals surface area contributed by atoms with Crippen molar-refractivity contribution < 1.29 is 89.4 Å². The fraction of sp³-hybridized carbons (Fsp3) is 0.923. The Balaban J connectivity index is 1.32. The summed E-state index contributed by atoms with van der Waals surface area (Å²) in [5, 5.41) is 120. The lowest BCUT2D eigenvalue weighted by Gasteiger charge is -2.48. The average molecular weight is 1200 g/mol. The van der Waals surface area contributed by atoms with Crippen molar-refractivity contribution in [1.82, 2.24) is 5.32 Å². The number of hydrogen-bond donors (Lipinski definition) is 12. The van der Waals surface area contributed by atoms with Crippen LogP contribution in [0.5, 0.6) is 0 Å². The van der Waals surface area contributed by atoms with Gasteiger partial charge in [0.05, 0.1) is 38.6 Å². The van der Waals surface area contributed by atoms with Crippen molar-refractivity contribution in [2.24, 2.45) is 0 Å². The standard InChI is InChI=1S/C65H121NO18/c1-3-5-7-9-11-13-14-15-16-17-18-19-20-21-22-23-24-25-26-27-28-29-30-31-32-33-34-35-37-39-41-43-53(71)66-48(49(70)42-40-38-36-12-10-8-6-4-2)47-79-63-59(77)56(74)61(51(45-68)81-63)84-65-60(78)57(75)62(52(46-69)82-65)83-64-58(76)55(73)54(72)50(44-67)80-64/h10,12,40,42,48-52,54-65,67-70,72-78H,3-9,11,13-39,41,43-47H2,1-2H3,(H,66,71)/b12-10+,42-40+. The van der Waals surface area contributed by atoms with E-state index in [0.717, 1.165) is 44.9 Å². The van der Waals surface area contributed by atoms with Crippen LogP contribution in [0.25, 0.3) is 0 Å². The van der Waals surface area contributed by atoms with E-state index in [1.807, 2.05) is 6.08 Å². The molecule has 0 aromatic heterocycles. The van der Waals surface area contributed by atoms with E-state index in [1.165, 1.54) is 173 Å². The zero-order valence-corrected chi connectivity index (χ0v) is 51.9. The van der Waals surface area contributed by atoms with Crippen LogP contribution < -0.4 is 5.32 Å². The number of nitrogens with one attached hydrogen (secondary N) is 1. The van der Waals surface area contributed by atoms with Gasteiger partial charge in [0.1, 0.15) is 73.2 Å². The molecule has 494 valence electrons. The summed E-state index contributed by atoms with van der Waals surface area (Å²) in [5.41, 5.74) is 0. The highest BCUT2D eigenvalue weighted by Gasteiger charge is 2.53. The molecule has 0 aromatic rings. The van der Waals surface area contributed by atoms with Crippen LogP contribution in [0.4, 0.5) is 0 Å². The summed E-state index contributed by atoms with van der Waals surface area (Å²) < 4.78 is 34.2. The quantitative estimate of drug-likeness (QED) is 0.0204. The first-order valence-corrected chi connectivity index (χ1v) is 33.6. The van der Waals surface area contributed by atoms with E-state index >= 15 is 0 Å². The van der Waals surface area contributed by atoms with Gasteiger partial charge in [-0.05, 0) is 25.7 Å². The molecule has 3 aliphatic heterocycles. The summed E-state index contributed by atoms with van der Waals surface area (Å²) in [5.74, 6) is -0.285. The fourth-order valence-corrected chi connectivity index (χ4v) is 11.5. The summed E-state index contributed by atoms with van der Waals surface area (Å²) >= 11 is 0. The molecule has 19 heteroatoms. The third-order valence-electron chi connectivity index (χ3n) is 17.0. The van der Waals surface area contributed by atoms with Gasteiger partial charge in [-0.2, -0.15) is 0 Å². The van der Waals surface area contributed by atoms with Gasteiger partial charge in [-0.15, -0.1) is 0 Å². The molecule has 3 fully saturated rings. The van der Waals surface area contributed by atoms with Crippen LogP contribution >= 0.6 is 0 Å². The van der Waals surface area contributed by atoms with E-state index in [4.69, 9.17) is 28.4 Å². The number of amides is 1. The largest absolute Gasteiger partial charge is 0.394 e. The topological polar surface area (TPSA) is 307 Å². The first kappa shape index (κ1) is 76.5. The summed E-state index contributed by atoms with van der Waals surface area (Å²) in [7, 11) is 0. The molecule has 3 rings (SSSR count). The molecule has 19 nitrogen and oxygen atoms in total. The molecular weight excluding hydrogens is 1080 g/mol. The first-order valence-electron chi connectivity index (χ1n) is 33.6. The maximum Gasteiger partial charge on any atom is 0.220 e.